The second-order valence-electron chi connectivity index (χ2n) is 8.18. The van der Waals surface area contributed by atoms with Crippen molar-refractivity contribution in [3.05, 3.63) is 71.8 Å². The number of ether oxygens (including phenoxy) is 3. The summed E-state index contributed by atoms with van der Waals surface area (Å²) in [5, 5.41) is 21.7. The Bertz CT molecular complexity index is 1000. The highest BCUT2D eigenvalue weighted by molar-refractivity contribution is 5.95. The fourth-order valence-electron chi connectivity index (χ4n) is 3.38. The lowest BCUT2D eigenvalue weighted by atomic mass is 9.98. The molecular formula is C26H29NO10. The standard InChI is InChI=1S/C18H14O8.C8H15NO2/c19-15(20)13(25-17(23)11-7-3-1-4-8-11)14(16(21)22)26-18(24)12-9-5-2-6-10-12;1-6-5-9-4-3-8(6)11-7(2)10/h1-10,13-14H,(H,19,20)(H,21,22);6,8-9H,3-5H2,1-2H3/t13-,14-;6-,8+/m11/s1. The van der Waals surface area contributed by atoms with Crippen LogP contribution < -0.4 is 5.32 Å². The van der Waals surface area contributed by atoms with Crippen LogP contribution >= 0.6 is 0 Å². The van der Waals surface area contributed by atoms with Gasteiger partial charge in [0.25, 0.3) is 0 Å². The second-order valence-corrected chi connectivity index (χ2v) is 8.18. The summed E-state index contributed by atoms with van der Waals surface area (Å²) in [5.41, 5.74) is 0.0505. The van der Waals surface area contributed by atoms with Crippen molar-refractivity contribution >= 4 is 29.8 Å². The summed E-state index contributed by atoms with van der Waals surface area (Å²) < 4.78 is 14.6. The van der Waals surface area contributed by atoms with Gasteiger partial charge in [0, 0.05) is 19.4 Å². The molecule has 1 fully saturated rings. The number of benzene rings is 2. The maximum atomic E-state index is 12.0. The molecule has 4 atom stereocenters. The number of carboxylic acid groups (broad SMARTS) is 2. The third-order valence-corrected chi connectivity index (χ3v) is 5.27. The van der Waals surface area contributed by atoms with E-state index in [-0.39, 0.29) is 23.2 Å². The third kappa shape index (κ3) is 9.37. The van der Waals surface area contributed by atoms with Gasteiger partial charge in [-0.1, -0.05) is 43.3 Å². The van der Waals surface area contributed by atoms with Gasteiger partial charge >= 0.3 is 29.8 Å². The fraction of sp³-hybridized carbons (Fsp3) is 0.346. The molecule has 0 aromatic heterocycles. The highest BCUT2D eigenvalue weighted by atomic mass is 16.6. The number of aliphatic carboxylic acids is 2. The van der Waals surface area contributed by atoms with Crippen molar-refractivity contribution in [1.29, 1.82) is 0 Å². The SMILES string of the molecule is CC(=O)O[C@H]1CCNC[C@H]1C.O=C(O[C@@H](C(=O)O)[C@@H](OC(=O)c1ccccc1)C(=O)O)c1ccccc1. The lowest BCUT2D eigenvalue weighted by Crippen LogP contribution is -2.45. The van der Waals surface area contributed by atoms with Gasteiger partial charge in [-0.2, -0.15) is 0 Å². The number of nitrogens with one attached hydrogen (secondary N) is 1. The Kier molecular flexibility index (Phi) is 11.2. The normalized spacial score (nSPS) is 18.1. The summed E-state index contributed by atoms with van der Waals surface area (Å²) in [6.07, 6.45) is -3.35. The predicted octanol–water partition coefficient (Wildman–Crippen LogP) is 2.15. The molecule has 2 aromatic rings. The molecule has 0 saturated carbocycles. The van der Waals surface area contributed by atoms with Gasteiger partial charge in [0.1, 0.15) is 6.10 Å². The molecule has 3 N–H and O–H groups in total. The Morgan fingerprint density at radius 3 is 1.59 bits per heavy atom. The minimum atomic E-state index is -2.21. The molecule has 0 radical (unpaired) electrons. The lowest BCUT2D eigenvalue weighted by Gasteiger charge is -2.28. The van der Waals surface area contributed by atoms with Crippen molar-refractivity contribution in [2.75, 3.05) is 13.1 Å². The molecular weight excluding hydrogens is 486 g/mol. The van der Waals surface area contributed by atoms with Gasteiger partial charge < -0.3 is 29.7 Å². The molecule has 1 aliphatic heterocycles. The minimum Gasteiger partial charge on any atom is -0.478 e. The fourth-order valence-corrected chi connectivity index (χ4v) is 3.38. The first-order valence-corrected chi connectivity index (χ1v) is 11.5. The number of carbonyl (C=O) groups is 5. The molecule has 1 heterocycles. The van der Waals surface area contributed by atoms with Crippen molar-refractivity contribution in [1.82, 2.24) is 5.32 Å². The van der Waals surface area contributed by atoms with Crippen LogP contribution in [0.1, 0.15) is 41.0 Å². The Morgan fingerprint density at radius 1 is 0.811 bits per heavy atom. The van der Waals surface area contributed by atoms with Gasteiger partial charge in [0.2, 0.25) is 12.2 Å². The molecule has 0 aliphatic carbocycles. The van der Waals surface area contributed by atoms with E-state index in [0.717, 1.165) is 19.5 Å². The number of hydrogen-bond donors (Lipinski definition) is 3. The summed E-state index contributed by atoms with van der Waals surface area (Å²) in [5.74, 6) is -5.35. The zero-order valence-electron chi connectivity index (χ0n) is 20.4. The van der Waals surface area contributed by atoms with E-state index in [1.807, 2.05) is 0 Å². The zero-order chi connectivity index (χ0) is 27.4. The maximum absolute atomic E-state index is 12.0. The molecule has 1 aliphatic rings. The summed E-state index contributed by atoms with van der Waals surface area (Å²) in [7, 11) is 0. The van der Waals surface area contributed by atoms with E-state index in [9.17, 15) is 34.2 Å². The number of esters is 3. The number of hydrogen-bond acceptors (Lipinski definition) is 9. The van der Waals surface area contributed by atoms with Gasteiger partial charge in [0.15, 0.2) is 0 Å². The summed E-state index contributed by atoms with van der Waals surface area (Å²) in [6, 6.07) is 14.8. The van der Waals surface area contributed by atoms with Gasteiger partial charge in [0.05, 0.1) is 11.1 Å². The Hall–Kier alpha value is -4.25. The summed E-state index contributed by atoms with van der Waals surface area (Å²) in [4.78, 5) is 57.5. The van der Waals surface area contributed by atoms with E-state index >= 15 is 0 Å². The molecule has 2 aromatic carbocycles. The molecule has 0 amide bonds. The van der Waals surface area contributed by atoms with Crippen molar-refractivity contribution in [2.45, 2.75) is 38.6 Å². The molecule has 0 unspecified atom stereocenters. The van der Waals surface area contributed by atoms with Crippen LogP contribution in [0.2, 0.25) is 0 Å². The van der Waals surface area contributed by atoms with Crippen LogP contribution in [0.4, 0.5) is 0 Å². The van der Waals surface area contributed by atoms with E-state index in [1.54, 1.807) is 12.1 Å². The molecule has 0 spiro atoms. The highest BCUT2D eigenvalue weighted by Gasteiger charge is 2.41. The van der Waals surface area contributed by atoms with Gasteiger partial charge in [-0.05, 0) is 37.2 Å². The van der Waals surface area contributed by atoms with Gasteiger partial charge in [-0.15, -0.1) is 0 Å². The van der Waals surface area contributed by atoms with Crippen LogP contribution in [0.3, 0.4) is 0 Å². The predicted molar refractivity (Wildman–Crippen MR) is 129 cm³/mol. The molecule has 11 nitrogen and oxygen atoms in total. The van der Waals surface area contributed by atoms with E-state index in [2.05, 4.69) is 12.2 Å². The van der Waals surface area contributed by atoms with E-state index in [0.29, 0.717) is 5.92 Å². The van der Waals surface area contributed by atoms with Crippen molar-refractivity contribution in [3.8, 4) is 0 Å². The van der Waals surface area contributed by atoms with Crippen molar-refractivity contribution in [2.24, 2.45) is 5.92 Å². The van der Waals surface area contributed by atoms with E-state index < -0.39 is 36.1 Å². The molecule has 3 rings (SSSR count). The van der Waals surface area contributed by atoms with E-state index in [4.69, 9.17) is 14.2 Å². The van der Waals surface area contributed by atoms with Crippen LogP contribution in [-0.2, 0) is 28.6 Å². The first-order chi connectivity index (χ1) is 17.6. The molecule has 0 bridgehead atoms. The topological polar surface area (TPSA) is 166 Å². The van der Waals surface area contributed by atoms with Gasteiger partial charge in [-0.25, -0.2) is 19.2 Å². The smallest absolute Gasteiger partial charge is 0.349 e. The monoisotopic (exact) mass is 515 g/mol. The maximum Gasteiger partial charge on any atom is 0.349 e. The number of piperidine rings is 1. The number of carboxylic acids is 2. The average molecular weight is 516 g/mol. The summed E-state index contributed by atoms with van der Waals surface area (Å²) >= 11 is 0. The lowest BCUT2D eigenvalue weighted by molar-refractivity contribution is -0.166. The largest absolute Gasteiger partial charge is 0.478 e. The van der Waals surface area contributed by atoms with Gasteiger partial charge in [-0.3, -0.25) is 4.79 Å². The Labute approximate surface area is 213 Å². The van der Waals surface area contributed by atoms with Crippen LogP contribution in [0.5, 0.6) is 0 Å². The van der Waals surface area contributed by atoms with Crippen LogP contribution in [0.25, 0.3) is 0 Å². The first kappa shape index (κ1) is 29.0. The highest BCUT2D eigenvalue weighted by Crippen LogP contribution is 2.15. The Balaban J connectivity index is 0.000000364. The molecule has 11 heteroatoms. The second kappa shape index (κ2) is 14.3. The third-order valence-electron chi connectivity index (χ3n) is 5.27. The van der Waals surface area contributed by atoms with Crippen LogP contribution in [-0.4, -0.2) is 71.5 Å². The average Bonchev–Trinajstić information content (AvgIpc) is 2.88. The number of carbonyl (C=O) groups excluding carboxylic acids is 3. The Morgan fingerprint density at radius 2 is 1.24 bits per heavy atom. The molecule has 198 valence electrons. The van der Waals surface area contributed by atoms with Crippen molar-refractivity contribution < 1.29 is 48.4 Å². The van der Waals surface area contributed by atoms with Crippen LogP contribution in [0.15, 0.2) is 60.7 Å². The van der Waals surface area contributed by atoms with Crippen molar-refractivity contribution in [3.63, 3.8) is 0 Å². The zero-order valence-corrected chi connectivity index (χ0v) is 20.4. The molecule has 37 heavy (non-hydrogen) atoms. The van der Waals surface area contributed by atoms with E-state index in [1.165, 1.54) is 55.5 Å². The minimum absolute atomic E-state index is 0.0253. The molecule has 1 saturated heterocycles. The summed E-state index contributed by atoms with van der Waals surface area (Å²) in [6.45, 7) is 5.48. The number of rotatable bonds is 8. The first-order valence-electron chi connectivity index (χ1n) is 11.5. The van der Waals surface area contributed by atoms with Crippen LogP contribution in [0, 0.1) is 5.92 Å². The quantitative estimate of drug-likeness (QED) is 0.348.